The standard InChI is InChI=1S/C13H14F2N2O4/c1-7-6-8(13(18)19)4-5-16(7)12-10(17(20)21)3-2-9(14)11(12)15/h2-3,7-8H,4-6H2,1H3,(H,18,19). The van der Waals surface area contributed by atoms with E-state index < -0.39 is 45.9 Å². The van der Waals surface area contributed by atoms with Crippen LogP contribution in [-0.4, -0.2) is 28.6 Å². The van der Waals surface area contributed by atoms with Crippen molar-refractivity contribution in [3.8, 4) is 0 Å². The average Bonchev–Trinajstić information content (AvgIpc) is 2.41. The Bertz CT molecular complexity index is 594. The minimum atomic E-state index is -1.27. The molecule has 0 saturated carbocycles. The van der Waals surface area contributed by atoms with Crippen LogP contribution in [0.3, 0.4) is 0 Å². The summed E-state index contributed by atoms with van der Waals surface area (Å²) in [6.07, 6.45) is 0.454. The van der Waals surface area contributed by atoms with Gasteiger partial charge in [-0.05, 0) is 25.8 Å². The largest absolute Gasteiger partial charge is 0.481 e. The molecule has 1 saturated heterocycles. The van der Waals surface area contributed by atoms with E-state index in [9.17, 15) is 23.7 Å². The highest BCUT2D eigenvalue weighted by Crippen LogP contribution is 2.37. The van der Waals surface area contributed by atoms with Gasteiger partial charge in [0, 0.05) is 18.7 Å². The number of carboxylic acid groups (broad SMARTS) is 1. The first kappa shape index (κ1) is 15.1. The number of hydrogen-bond acceptors (Lipinski definition) is 4. The van der Waals surface area contributed by atoms with Gasteiger partial charge in [-0.15, -0.1) is 0 Å². The molecule has 1 aromatic carbocycles. The Morgan fingerprint density at radius 2 is 2.14 bits per heavy atom. The Labute approximate surface area is 119 Å². The molecule has 8 heteroatoms. The van der Waals surface area contributed by atoms with E-state index in [2.05, 4.69) is 0 Å². The topological polar surface area (TPSA) is 83.7 Å². The molecule has 0 bridgehead atoms. The number of carbonyl (C=O) groups is 1. The zero-order valence-corrected chi connectivity index (χ0v) is 11.3. The van der Waals surface area contributed by atoms with Gasteiger partial charge < -0.3 is 10.0 Å². The lowest BCUT2D eigenvalue weighted by Gasteiger charge is -2.37. The van der Waals surface area contributed by atoms with Gasteiger partial charge >= 0.3 is 5.97 Å². The highest BCUT2D eigenvalue weighted by molar-refractivity contribution is 5.71. The number of carboxylic acids is 1. The van der Waals surface area contributed by atoms with Crippen LogP contribution in [0.1, 0.15) is 19.8 Å². The maximum absolute atomic E-state index is 14.0. The lowest BCUT2D eigenvalue weighted by Crippen LogP contribution is -2.43. The fraction of sp³-hybridized carbons (Fsp3) is 0.462. The number of nitro benzene ring substituents is 1. The van der Waals surface area contributed by atoms with E-state index in [1.807, 2.05) is 0 Å². The molecule has 21 heavy (non-hydrogen) atoms. The van der Waals surface area contributed by atoms with Crippen LogP contribution in [0, 0.1) is 27.7 Å². The van der Waals surface area contributed by atoms with Crippen molar-refractivity contribution in [2.75, 3.05) is 11.4 Å². The molecule has 2 unspecified atom stereocenters. The quantitative estimate of drug-likeness (QED) is 0.685. The van der Waals surface area contributed by atoms with Crippen LogP contribution in [0.25, 0.3) is 0 Å². The third kappa shape index (κ3) is 2.79. The number of aliphatic carboxylic acids is 1. The second kappa shape index (κ2) is 5.63. The summed E-state index contributed by atoms with van der Waals surface area (Å²) in [4.78, 5) is 22.6. The molecule has 2 rings (SSSR count). The van der Waals surface area contributed by atoms with Gasteiger partial charge in [-0.25, -0.2) is 8.78 Å². The molecule has 1 N–H and O–H groups in total. The summed E-state index contributed by atoms with van der Waals surface area (Å²) in [5.74, 6) is -3.96. The number of anilines is 1. The van der Waals surface area contributed by atoms with Crippen molar-refractivity contribution in [2.24, 2.45) is 5.92 Å². The van der Waals surface area contributed by atoms with Gasteiger partial charge in [0.2, 0.25) is 0 Å². The number of piperidine rings is 1. The van der Waals surface area contributed by atoms with Crippen LogP contribution in [0.5, 0.6) is 0 Å². The van der Waals surface area contributed by atoms with Crippen molar-refractivity contribution in [1.82, 2.24) is 0 Å². The summed E-state index contributed by atoms with van der Waals surface area (Å²) in [6.45, 7) is 1.77. The number of nitro groups is 1. The summed E-state index contributed by atoms with van der Waals surface area (Å²) in [6, 6.07) is 1.20. The minimum Gasteiger partial charge on any atom is -0.481 e. The van der Waals surface area contributed by atoms with Crippen molar-refractivity contribution < 1.29 is 23.6 Å². The second-order valence-electron chi connectivity index (χ2n) is 5.09. The summed E-state index contributed by atoms with van der Waals surface area (Å²) in [5.41, 5.74) is -0.925. The van der Waals surface area contributed by atoms with E-state index in [-0.39, 0.29) is 19.4 Å². The Balaban J connectivity index is 2.40. The Morgan fingerprint density at radius 1 is 1.48 bits per heavy atom. The van der Waals surface area contributed by atoms with Gasteiger partial charge in [0.05, 0.1) is 10.8 Å². The van der Waals surface area contributed by atoms with Crippen LogP contribution < -0.4 is 4.90 Å². The zero-order valence-electron chi connectivity index (χ0n) is 11.3. The van der Waals surface area contributed by atoms with Crippen molar-refractivity contribution in [2.45, 2.75) is 25.8 Å². The van der Waals surface area contributed by atoms with Gasteiger partial charge in [0.1, 0.15) is 0 Å². The predicted molar refractivity (Wildman–Crippen MR) is 70.2 cm³/mol. The lowest BCUT2D eigenvalue weighted by atomic mass is 9.91. The van der Waals surface area contributed by atoms with Gasteiger partial charge in [0.15, 0.2) is 17.3 Å². The van der Waals surface area contributed by atoms with E-state index in [1.54, 1.807) is 6.92 Å². The monoisotopic (exact) mass is 300 g/mol. The van der Waals surface area contributed by atoms with Crippen LogP contribution >= 0.6 is 0 Å². The fourth-order valence-corrected chi connectivity index (χ4v) is 2.68. The normalized spacial score (nSPS) is 22.1. The predicted octanol–water partition coefficient (Wildman–Crippen LogP) is 2.56. The van der Waals surface area contributed by atoms with Crippen molar-refractivity contribution >= 4 is 17.3 Å². The molecule has 1 aromatic rings. The number of nitrogens with zero attached hydrogens (tertiary/aromatic N) is 2. The third-order valence-electron chi connectivity index (χ3n) is 3.76. The van der Waals surface area contributed by atoms with Crippen LogP contribution in [0.2, 0.25) is 0 Å². The highest BCUT2D eigenvalue weighted by atomic mass is 19.2. The maximum atomic E-state index is 14.0. The molecule has 0 aliphatic carbocycles. The molecule has 1 aliphatic rings. The smallest absolute Gasteiger partial charge is 0.306 e. The second-order valence-corrected chi connectivity index (χ2v) is 5.09. The van der Waals surface area contributed by atoms with Crippen molar-refractivity contribution in [3.05, 3.63) is 33.9 Å². The van der Waals surface area contributed by atoms with Gasteiger partial charge in [-0.1, -0.05) is 0 Å². The molecule has 1 heterocycles. The first-order valence-electron chi connectivity index (χ1n) is 6.44. The van der Waals surface area contributed by atoms with Gasteiger partial charge in [0.25, 0.3) is 5.69 Å². The maximum Gasteiger partial charge on any atom is 0.306 e. The van der Waals surface area contributed by atoms with Crippen LogP contribution in [-0.2, 0) is 4.79 Å². The molecule has 1 aliphatic heterocycles. The van der Waals surface area contributed by atoms with Gasteiger partial charge in [-0.2, -0.15) is 0 Å². The minimum absolute atomic E-state index is 0.124. The Hall–Kier alpha value is -2.25. The van der Waals surface area contributed by atoms with E-state index in [0.717, 1.165) is 6.07 Å². The molecular weight excluding hydrogens is 286 g/mol. The summed E-state index contributed by atoms with van der Waals surface area (Å²) in [5, 5.41) is 20.0. The summed E-state index contributed by atoms with van der Waals surface area (Å²) < 4.78 is 27.4. The summed E-state index contributed by atoms with van der Waals surface area (Å²) >= 11 is 0. The fourth-order valence-electron chi connectivity index (χ4n) is 2.68. The number of rotatable bonds is 3. The molecular formula is C13H14F2N2O4. The number of hydrogen-bond donors (Lipinski definition) is 1. The Kier molecular flexibility index (Phi) is 4.06. The van der Waals surface area contributed by atoms with E-state index in [4.69, 9.17) is 5.11 Å². The van der Waals surface area contributed by atoms with E-state index in [0.29, 0.717) is 6.07 Å². The molecule has 0 aromatic heterocycles. The molecule has 0 amide bonds. The SMILES string of the molecule is CC1CC(C(=O)O)CCN1c1c([N+](=O)[O-])ccc(F)c1F. The van der Waals surface area contributed by atoms with Crippen molar-refractivity contribution in [3.63, 3.8) is 0 Å². The third-order valence-corrected chi connectivity index (χ3v) is 3.76. The van der Waals surface area contributed by atoms with Crippen LogP contribution in [0.4, 0.5) is 20.2 Å². The molecule has 114 valence electrons. The number of benzene rings is 1. The summed E-state index contributed by atoms with van der Waals surface area (Å²) in [7, 11) is 0. The van der Waals surface area contributed by atoms with Crippen molar-refractivity contribution in [1.29, 1.82) is 0 Å². The molecule has 2 atom stereocenters. The average molecular weight is 300 g/mol. The molecule has 0 spiro atoms. The zero-order chi connectivity index (χ0) is 15.7. The van der Waals surface area contributed by atoms with Gasteiger partial charge in [-0.3, -0.25) is 14.9 Å². The van der Waals surface area contributed by atoms with E-state index >= 15 is 0 Å². The highest BCUT2D eigenvalue weighted by Gasteiger charge is 2.35. The van der Waals surface area contributed by atoms with E-state index in [1.165, 1.54) is 4.90 Å². The molecule has 1 fully saturated rings. The molecule has 6 nitrogen and oxygen atoms in total. The Morgan fingerprint density at radius 3 is 2.67 bits per heavy atom. The molecule has 0 radical (unpaired) electrons. The van der Waals surface area contributed by atoms with Crippen LogP contribution in [0.15, 0.2) is 12.1 Å². The first-order valence-corrected chi connectivity index (χ1v) is 6.44. The first-order chi connectivity index (χ1) is 9.82. The lowest BCUT2D eigenvalue weighted by molar-refractivity contribution is -0.384. The number of halogens is 2.